The quantitative estimate of drug-likeness (QED) is 0.812. The first-order valence-electron chi connectivity index (χ1n) is 8.16. The van der Waals surface area contributed by atoms with Crippen LogP contribution in [0.2, 0.25) is 0 Å². The number of hydrogen-bond acceptors (Lipinski definition) is 3. The third-order valence-corrected chi connectivity index (χ3v) is 6.03. The number of sulfonamides is 1. The zero-order chi connectivity index (χ0) is 19.3. The van der Waals surface area contributed by atoms with Gasteiger partial charge in [-0.05, 0) is 31.9 Å². The first-order chi connectivity index (χ1) is 12.0. The van der Waals surface area contributed by atoms with E-state index in [-0.39, 0.29) is 17.4 Å². The van der Waals surface area contributed by atoms with Crippen molar-refractivity contribution in [3.63, 3.8) is 0 Å². The van der Waals surface area contributed by atoms with E-state index in [1.807, 2.05) is 0 Å². The molecule has 9 heteroatoms. The Morgan fingerprint density at radius 3 is 2.54 bits per heavy atom. The molecule has 1 aliphatic heterocycles. The zero-order valence-corrected chi connectivity index (χ0v) is 15.2. The smallest absolute Gasteiger partial charge is 0.335 e. The summed E-state index contributed by atoms with van der Waals surface area (Å²) in [5.74, 6) is 0. The van der Waals surface area contributed by atoms with Crippen LogP contribution in [-0.4, -0.2) is 36.1 Å². The number of aryl methyl sites for hydroxylation is 1. The van der Waals surface area contributed by atoms with E-state index >= 15 is 0 Å². The Kier molecular flexibility index (Phi) is 4.64. The minimum atomic E-state index is -4.72. The number of aromatic nitrogens is 1. The minimum absolute atomic E-state index is 0.151. The van der Waals surface area contributed by atoms with E-state index in [1.54, 1.807) is 19.1 Å². The van der Waals surface area contributed by atoms with Crippen LogP contribution >= 0.6 is 0 Å². The Balaban J connectivity index is 2.20. The molecule has 142 valence electrons. The Morgan fingerprint density at radius 2 is 1.92 bits per heavy atom. The molecule has 3 rings (SSSR count). The van der Waals surface area contributed by atoms with Gasteiger partial charge < -0.3 is 4.57 Å². The maximum absolute atomic E-state index is 13.5. The van der Waals surface area contributed by atoms with Gasteiger partial charge >= 0.3 is 6.18 Å². The van der Waals surface area contributed by atoms with Gasteiger partial charge in [0.05, 0.1) is 11.8 Å². The van der Waals surface area contributed by atoms with Crippen molar-refractivity contribution < 1.29 is 21.6 Å². The van der Waals surface area contributed by atoms with Crippen molar-refractivity contribution in [3.8, 4) is 0 Å². The van der Waals surface area contributed by atoms with E-state index in [4.69, 9.17) is 0 Å². The average molecular weight is 388 g/mol. The van der Waals surface area contributed by atoms with E-state index < -0.39 is 33.4 Å². The molecule has 1 aromatic heterocycles. The molecule has 1 aromatic carbocycles. The summed E-state index contributed by atoms with van der Waals surface area (Å²) < 4.78 is 66.8. The number of nitrogens with zero attached hydrogens (tertiary/aromatic N) is 2. The standard InChI is InChI=1S/C17H19F3N2O3S/c1-11-5-6-14-13(8-11)15(23)9-16(17(18,19)20)21(14)10-12-4-3-7-22(12)26(2,24)25/h5-6,8-9,12H,3-4,7,10H2,1-2H3/t12-/m1/s1. The van der Waals surface area contributed by atoms with Gasteiger partial charge in [-0.2, -0.15) is 17.5 Å². The number of benzene rings is 1. The van der Waals surface area contributed by atoms with Crippen LogP contribution in [0.3, 0.4) is 0 Å². The molecule has 1 atom stereocenters. The predicted octanol–water partition coefficient (Wildman–Crippen LogP) is 2.75. The lowest BCUT2D eigenvalue weighted by molar-refractivity contribution is -0.143. The van der Waals surface area contributed by atoms with Crippen LogP contribution < -0.4 is 5.43 Å². The average Bonchev–Trinajstić information content (AvgIpc) is 2.97. The summed E-state index contributed by atoms with van der Waals surface area (Å²) in [6.45, 7) is 1.90. The van der Waals surface area contributed by atoms with Crippen molar-refractivity contribution in [2.24, 2.45) is 0 Å². The van der Waals surface area contributed by atoms with Gasteiger partial charge in [-0.15, -0.1) is 0 Å². The summed E-state index contributed by atoms with van der Waals surface area (Å²) in [5, 5.41) is 0.196. The van der Waals surface area contributed by atoms with Gasteiger partial charge in [0.1, 0.15) is 5.69 Å². The largest absolute Gasteiger partial charge is 0.431 e. The molecule has 0 unspecified atom stereocenters. The lowest BCUT2D eigenvalue weighted by atomic mass is 10.1. The van der Waals surface area contributed by atoms with Crippen LogP contribution in [0.1, 0.15) is 24.1 Å². The molecule has 2 heterocycles. The highest BCUT2D eigenvalue weighted by Gasteiger charge is 2.38. The molecule has 1 fully saturated rings. The molecule has 26 heavy (non-hydrogen) atoms. The molecular weight excluding hydrogens is 369 g/mol. The number of alkyl halides is 3. The fraction of sp³-hybridized carbons (Fsp3) is 0.471. The third-order valence-electron chi connectivity index (χ3n) is 4.70. The molecular formula is C17H19F3N2O3S. The van der Waals surface area contributed by atoms with Crippen molar-refractivity contribution in [2.45, 2.75) is 38.5 Å². The fourth-order valence-corrected chi connectivity index (χ4v) is 4.74. The second-order valence-corrected chi connectivity index (χ2v) is 8.63. The summed E-state index contributed by atoms with van der Waals surface area (Å²) in [4.78, 5) is 12.2. The highest BCUT2D eigenvalue weighted by molar-refractivity contribution is 7.88. The molecule has 0 radical (unpaired) electrons. The van der Waals surface area contributed by atoms with Crippen LogP contribution in [0.4, 0.5) is 13.2 Å². The van der Waals surface area contributed by atoms with Crippen molar-refractivity contribution in [1.29, 1.82) is 0 Å². The van der Waals surface area contributed by atoms with Gasteiger partial charge in [-0.25, -0.2) is 8.42 Å². The summed E-state index contributed by atoms with van der Waals surface area (Å²) in [6, 6.07) is 4.71. The van der Waals surface area contributed by atoms with Crippen molar-refractivity contribution in [3.05, 3.63) is 45.7 Å². The van der Waals surface area contributed by atoms with Crippen LogP contribution in [0.25, 0.3) is 10.9 Å². The van der Waals surface area contributed by atoms with Crippen molar-refractivity contribution in [1.82, 2.24) is 8.87 Å². The Morgan fingerprint density at radius 1 is 1.23 bits per heavy atom. The molecule has 0 amide bonds. The molecule has 0 bridgehead atoms. The molecule has 2 aromatic rings. The van der Waals surface area contributed by atoms with Crippen LogP contribution in [0.15, 0.2) is 29.1 Å². The second-order valence-electron chi connectivity index (χ2n) is 6.69. The SMILES string of the molecule is Cc1ccc2c(c1)c(=O)cc(C(F)(F)F)n2C[C@H]1CCCN1S(C)(=O)=O. The molecule has 0 N–H and O–H groups in total. The van der Waals surface area contributed by atoms with E-state index in [0.29, 0.717) is 25.5 Å². The Bertz CT molecular complexity index is 1010. The Labute approximate surface area is 149 Å². The summed E-state index contributed by atoms with van der Waals surface area (Å²) in [6.07, 6.45) is -2.59. The van der Waals surface area contributed by atoms with E-state index in [9.17, 15) is 26.4 Å². The highest BCUT2D eigenvalue weighted by Crippen LogP contribution is 2.32. The van der Waals surface area contributed by atoms with Gasteiger partial charge in [0.15, 0.2) is 5.43 Å². The predicted molar refractivity (Wildman–Crippen MR) is 92.5 cm³/mol. The van der Waals surface area contributed by atoms with E-state index in [2.05, 4.69) is 0 Å². The molecule has 1 saturated heterocycles. The van der Waals surface area contributed by atoms with Gasteiger partial charge in [-0.3, -0.25) is 4.79 Å². The third kappa shape index (κ3) is 3.50. The van der Waals surface area contributed by atoms with Gasteiger partial charge in [0.25, 0.3) is 0 Å². The molecule has 0 spiro atoms. The van der Waals surface area contributed by atoms with E-state index in [1.165, 1.54) is 10.4 Å². The summed E-state index contributed by atoms with van der Waals surface area (Å²) >= 11 is 0. The van der Waals surface area contributed by atoms with Crippen LogP contribution in [0, 0.1) is 6.92 Å². The molecule has 5 nitrogen and oxygen atoms in total. The maximum atomic E-state index is 13.5. The first-order valence-corrected chi connectivity index (χ1v) is 10.0. The number of halogens is 3. The minimum Gasteiger partial charge on any atom is -0.335 e. The molecule has 1 aliphatic rings. The molecule has 0 aliphatic carbocycles. The molecule has 0 saturated carbocycles. The lowest BCUT2D eigenvalue weighted by Gasteiger charge is -2.26. The topological polar surface area (TPSA) is 59.4 Å². The number of pyridine rings is 1. The lowest BCUT2D eigenvalue weighted by Crippen LogP contribution is -2.38. The second kappa shape index (κ2) is 6.38. The first kappa shape index (κ1) is 18.9. The van der Waals surface area contributed by atoms with Crippen molar-refractivity contribution >= 4 is 20.9 Å². The summed E-state index contributed by atoms with van der Waals surface area (Å²) in [5.41, 5.74) is -0.826. The van der Waals surface area contributed by atoms with Gasteiger partial charge in [-0.1, -0.05) is 11.6 Å². The van der Waals surface area contributed by atoms with Gasteiger partial charge in [0, 0.05) is 30.6 Å². The van der Waals surface area contributed by atoms with E-state index in [0.717, 1.165) is 16.4 Å². The highest BCUT2D eigenvalue weighted by atomic mass is 32.2. The summed E-state index contributed by atoms with van der Waals surface area (Å²) in [7, 11) is -3.51. The van der Waals surface area contributed by atoms with Crippen molar-refractivity contribution in [2.75, 3.05) is 12.8 Å². The maximum Gasteiger partial charge on any atom is 0.431 e. The Hall–Kier alpha value is -1.87. The van der Waals surface area contributed by atoms with Crippen LogP contribution in [0.5, 0.6) is 0 Å². The normalized spacial score (nSPS) is 19.3. The fourth-order valence-electron chi connectivity index (χ4n) is 3.56. The monoisotopic (exact) mass is 388 g/mol. The number of hydrogen-bond donors (Lipinski definition) is 0. The number of rotatable bonds is 3. The van der Waals surface area contributed by atoms with Gasteiger partial charge in [0.2, 0.25) is 10.0 Å². The number of fused-ring (bicyclic) bond motifs is 1. The zero-order valence-electron chi connectivity index (χ0n) is 14.4. The van der Waals surface area contributed by atoms with Crippen LogP contribution in [-0.2, 0) is 22.7 Å².